The molecule has 3 nitrogen and oxygen atoms in total. The molecule has 2 aromatic heterocycles. The van der Waals surface area contributed by atoms with Crippen LogP contribution in [0, 0.1) is 0 Å². The molecule has 88 valence electrons. The summed E-state index contributed by atoms with van der Waals surface area (Å²) in [5, 5.41) is 0. The minimum Gasteiger partial charge on any atom is -0.329 e. The number of nitrogens with zero attached hydrogens (tertiary/aromatic N) is 3. The monoisotopic (exact) mass is 236 g/mol. The van der Waals surface area contributed by atoms with E-state index < -0.39 is 0 Å². The molecule has 0 aliphatic rings. The number of hydrogen-bond donors (Lipinski definition) is 0. The largest absolute Gasteiger partial charge is 0.329 e. The third kappa shape index (κ3) is 1.91. The van der Waals surface area contributed by atoms with Crippen molar-refractivity contribution in [1.29, 1.82) is 0 Å². The molecule has 0 radical (unpaired) electrons. The Morgan fingerprint density at radius 2 is 1.83 bits per heavy atom. The number of benzene rings is 1. The summed E-state index contributed by atoms with van der Waals surface area (Å²) >= 11 is 0. The third-order valence-electron chi connectivity index (χ3n) is 2.87. The van der Waals surface area contributed by atoms with E-state index in [4.69, 9.17) is 1.37 Å². The molecule has 0 saturated heterocycles. The van der Waals surface area contributed by atoms with Crippen molar-refractivity contribution in [3.05, 3.63) is 60.8 Å². The van der Waals surface area contributed by atoms with E-state index in [0.717, 1.165) is 22.5 Å². The zero-order valence-corrected chi connectivity index (χ0v) is 10.0. The number of hydrogen-bond acceptors (Lipinski definition) is 3. The summed E-state index contributed by atoms with van der Waals surface area (Å²) < 4.78 is 7.60. The highest BCUT2D eigenvalue weighted by atomic mass is 15.2. The molecule has 0 unspecified atom stereocenters. The lowest BCUT2D eigenvalue weighted by atomic mass is 10.2. The zero-order valence-electron chi connectivity index (χ0n) is 11.0. The molecule has 3 rings (SSSR count). The molecule has 3 heteroatoms. The number of fused-ring (bicyclic) bond motifs is 1. The van der Waals surface area contributed by atoms with Crippen LogP contribution in [0.4, 0.5) is 11.5 Å². The Kier molecular flexibility index (Phi) is 2.37. The molecule has 0 fully saturated rings. The molecule has 1 aromatic carbocycles. The maximum atomic E-state index is 7.60. The molecule has 2 heterocycles. The van der Waals surface area contributed by atoms with Gasteiger partial charge in [0.15, 0.2) is 0 Å². The highest BCUT2D eigenvalue weighted by Crippen LogP contribution is 2.22. The van der Waals surface area contributed by atoms with Crippen molar-refractivity contribution >= 4 is 22.5 Å². The summed E-state index contributed by atoms with van der Waals surface area (Å²) in [4.78, 5) is 10.8. The van der Waals surface area contributed by atoms with Gasteiger partial charge in [0.2, 0.25) is 0 Å². The van der Waals surface area contributed by atoms with Crippen LogP contribution in [-0.2, 0) is 0 Å². The van der Waals surface area contributed by atoms with Crippen molar-refractivity contribution in [2.75, 3.05) is 11.9 Å². The fourth-order valence-electron chi connectivity index (χ4n) is 1.87. The van der Waals surface area contributed by atoms with Crippen molar-refractivity contribution in [1.82, 2.24) is 9.97 Å². The molecule has 0 N–H and O–H groups in total. The van der Waals surface area contributed by atoms with Gasteiger partial charge in [0.25, 0.3) is 0 Å². The molecule has 3 aromatic rings. The second-order valence-electron chi connectivity index (χ2n) is 4.04. The average molecular weight is 236 g/mol. The maximum Gasteiger partial charge on any atom is 0.133 e. The Labute approximate surface area is 107 Å². The Morgan fingerprint density at radius 1 is 1.00 bits per heavy atom. The zero-order chi connectivity index (χ0) is 13.2. The first-order chi connectivity index (χ1) is 9.24. The molecule has 0 bridgehead atoms. The van der Waals surface area contributed by atoms with E-state index in [1.807, 2.05) is 54.4 Å². The molecular weight excluding hydrogens is 222 g/mol. The Morgan fingerprint density at radius 3 is 2.67 bits per heavy atom. The fourth-order valence-corrected chi connectivity index (χ4v) is 1.87. The summed E-state index contributed by atoms with van der Waals surface area (Å²) in [7, 11) is 1.97. The van der Waals surface area contributed by atoms with Crippen LogP contribution in [0.15, 0.2) is 60.8 Å². The molecule has 0 amide bonds. The molecule has 0 aliphatic heterocycles. The van der Waals surface area contributed by atoms with E-state index in [-0.39, 0.29) is 0 Å². The summed E-state index contributed by atoms with van der Waals surface area (Å²) in [6, 6.07) is 16.0. The molecule has 0 atom stereocenters. The summed E-state index contributed by atoms with van der Waals surface area (Å²) in [5.41, 5.74) is 2.62. The smallest absolute Gasteiger partial charge is 0.133 e. The van der Waals surface area contributed by atoms with E-state index in [1.54, 1.807) is 6.07 Å². The van der Waals surface area contributed by atoms with Crippen LogP contribution in [-0.4, -0.2) is 17.0 Å². The molecule has 18 heavy (non-hydrogen) atoms. The topological polar surface area (TPSA) is 29.0 Å². The molecule has 0 aliphatic carbocycles. The Balaban J connectivity index is 2.05. The summed E-state index contributed by atoms with van der Waals surface area (Å²) in [5.74, 6) is 0.839. The minimum atomic E-state index is 0.375. The van der Waals surface area contributed by atoms with Crippen LogP contribution in [0.2, 0.25) is 0 Å². The van der Waals surface area contributed by atoms with Gasteiger partial charge in [0.05, 0.1) is 12.4 Å². The first kappa shape index (κ1) is 9.59. The van der Waals surface area contributed by atoms with E-state index in [0.29, 0.717) is 6.04 Å². The van der Waals surface area contributed by atoms with Crippen molar-refractivity contribution in [3.8, 4) is 0 Å². The lowest BCUT2D eigenvalue weighted by Crippen LogP contribution is -2.10. The van der Waals surface area contributed by atoms with Gasteiger partial charge < -0.3 is 4.90 Å². The quantitative estimate of drug-likeness (QED) is 0.683. The minimum absolute atomic E-state index is 0.375. The van der Waals surface area contributed by atoms with Crippen molar-refractivity contribution in [2.24, 2.45) is 0 Å². The van der Waals surface area contributed by atoms with Gasteiger partial charge in [-0.05, 0) is 36.4 Å². The van der Waals surface area contributed by atoms with Crippen molar-refractivity contribution < 1.29 is 1.37 Å². The van der Waals surface area contributed by atoms with Gasteiger partial charge in [-0.1, -0.05) is 18.2 Å². The van der Waals surface area contributed by atoms with Crippen LogP contribution in [0.25, 0.3) is 11.0 Å². The van der Waals surface area contributed by atoms with Gasteiger partial charge in [-0.25, -0.2) is 4.98 Å². The predicted molar refractivity (Wildman–Crippen MR) is 74.0 cm³/mol. The van der Waals surface area contributed by atoms with Gasteiger partial charge in [0.1, 0.15) is 5.82 Å². The normalized spacial score (nSPS) is 11.3. The van der Waals surface area contributed by atoms with E-state index in [1.165, 1.54) is 6.20 Å². The predicted octanol–water partition coefficient (Wildman–Crippen LogP) is 3.40. The van der Waals surface area contributed by atoms with E-state index >= 15 is 0 Å². The van der Waals surface area contributed by atoms with Gasteiger partial charge in [-0.15, -0.1) is 0 Å². The number of aromatic nitrogens is 2. The van der Waals surface area contributed by atoms with Crippen LogP contribution >= 0.6 is 0 Å². The van der Waals surface area contributed by atoms with Crippen LogP contribution in [0.5, 0.6) is 0 Å². The number of pyridine rings is 2. The van der Waals surface area contributed by atoms with E-state index in [9.17, 15) is 0 Å². The number of anilines is 2. The highest BCUT2D eigenvalue weighted by molar-refractivity contribution is 5.77. The lowest BCUT2D eigenvalue weighted by molar-refractivity contribution is 1.14. The third-order valence-corrected chi connectivity index (χ3v) is 2.87. The second-order valence-corrected chi connectivity index (χ2v) is 4.04. The summed E-state index contributed by atoms with van der Waals surface area (Å²) in [6.45, 7) is 0. The molecular formula is C15H13N3. The SMILES string of the molecule is [2H]c1cnc2ccc(N(C)c3ccccc3)nc2c1. The average Bonchev–Trinajstić information content (AvgIpc) is 2.46. The van der Waals surface area contributed by atoms with Crippen LogP contribution in [0.3, 0.4) is 0 Å². The lowest BCUT2D eigenvalue weighted by Gasteiger charge is -2.18. The van der Waals surface area contributed by atoms with Gasteiger partial charge in [-0.2, -0.15) is 0 Å². The fraction of sp³-hybridized carbons (Fsp3) is 0.0667. The first-order valence-electron chi connectivity index (χ1n) is 6.26. The highest BCUT2D eigenvalue weighted by Gasteiger charge is 2.05. The Bertz CT molecular complexity index is 713. The first-order valence-corrected chi connectivity index (χ1v) is 5.76. The van der Waals surface area contributed by atoms with E-state index in [2.05, 4.69) is 9.97 Å². The molecule has 0 saturated carbocycles. The maximum absolute atomic E-state index is 7.60. The number of rotatable bonds is 2. The van der Waals surface area contributed by atoms with Gasteiger partial charge in [0, 0.05) is 18.9 Å². The van der Waals surface area contributed by atoms with Crippen molar-refractivity contribution in [3.63, 3.8) is 0 Å². The van der Waals surface area contributed by atoms with Gasteiger partial charge >= 0.3 is 0 Å². The molecule has 0 spiro atoms. The van der Waals surface area contributed by atoms with Gasteiger partial charge in [-0.3, -0.25) is 4.98 Å². The Hall–Kier alpha value is -2.42. The van der Waals surface area contributed by atoms with Crippen molar-refractivity contribution in [2.45, 2.75) is 0 Å². The number of para-hydroxylation sites is 1. The van der Waals surface area contributed by atoms with Crippen LogP contribution in [0.1, 0.15) is 1.37 Å². The standard InChI is InChI=1S/C15H13N3/c1-18(12-6-3-2-4-7-12)15-10-9-13-14(17-15)8-5-11-16-13/h2-11H,1H3/i5D. The van der Waals surface area contributed by atoms with Crippen LogP contribution < -0.4 is 4.90 Å². The second kappa shape index (κ2) is 4.45. The summed E-state index contributed by atoms with van der Waals surface area (Å²) in [6.07, 6.45) is 1.53.